The molecule has 1 heterocycles. The van der Waals surface area contributed by atoms with Crippen LogP contribution in [0.25, 0.3) is 6.08 Å². The van der Waals surface area contributed by atoms with E-state index >= 15 is 0 Å². The number of hydrogen-bond acceptors (Lipinski definition) is 5. The summed E-state index contributed by atoms with van der Waals surface area (Å²) in [7, 11) is 3.07. The van der Waals surface area contributed by atoms with Gasteiger partial charge in [-0.15, -0.1) is 0 Å². The second kappa shape index (κ2) is 7.73. The second-order valence-corrected chi connectivity index (χ2v) is 7.45. The lowest BCUT2D eigenvalue weighted by atomic mass is 10.1. The van der Waals surface area contributed by atoms with Crippen molar-refractivity contribution >= 4 is 62.2 Å². The van der Waals surface area contributed by atoms with Crippen molar-refractivity contribution in [3.8, 4) is 11.5 Å². The molecule has 0 radical (unpaired) electrons. The lowest BCUT2D eigenvalue weighted by Crippen LogP contribution is -2.27. The summed E-state index contributed by atoms with van der Waals surface area (Å²) < 4.78 is 11.2. The highest BCUT2D eigenvalue weighted by Gasteiger charge is 2.37. The molecule has 2 aromatic rings. The van der Waals surface area contributed by atoms with Gasteiger partial charge in [-0.3, -0.25) is 9.59 Å². The minimum atomic E-state index is -0.421. The Hall–Kier alpha value is -1.96. The highest BCUT2D eigenvalue weighted by atomic mass is 79.9. The maximum atomic E-state index is 12.7. The minimum absolute atomic E-state index is 0.294. The summed E-state index contributed by atoms with van der Waals surface area (Å²) in [4.78, 5) is 26.5. The normalized spacial score (nSPS) is 15.7. The fourth-order valence-corrected chi connectivity index (χ4v) is 3.91. The van der Waals surface area contributed by atoms with Crippen LogP contribution in [0.15, 0.2) is 45.8 Å². The van der Waals surface area contributed by atoms with Gasteiger partial charge in [-0.05, 0) is 47.7 Å². The summed E-state index contributed by atoms with van der Waals surface area (Å²) in [6.45, 7) is 0. The molecule has 5 nitrogen and oxygen atoms in total. The van der Waals surface area contributed by atoms with Gasteiger partial charge in [0.1, 0.15) is 0 Å². The predicted octanol–water partition coefficient (Wildman–Crippen LogP) is 5.36. The molecule has 1 aliphatic rings. The number of amides is 2. The first-order valence-electron chi connectivity index (χ1n) is 7.40. The summed E-state index contributed by atoms with van der Waals surface area (Å²) in [6.07, 6.45) is 1.63. The molecule has 1 aliphatic heterocycles. The molecule has 0 bridgehead atoms. The minimum Gasteiger partial charge on any atom is -0.493 e. The lowest BCUT2D eigenvalue weighted by Gasteiger charge is -2.13. The Balaban J connectivity index is 2.00. The third kappa shape index (κ3) is 3.47. The van der Waals surface area contributed by atoms with E-state index in [1.807, 2.05) is 0 Å². The zero-order chi connectivity index (χ0) is 18.8. The molecule has 26 heavy (non-hydrogen) atoms. The van der Waals surface area contributed by atoms with Gasteiger partial charge >= 0.3 is 0 Å². The Bertz CT molecular complexity index is 931. The quantitative estimate of drug-likeness (QED) is 0.582. The fourth-order valence-electron chi connectivity index (χ4n) is 2.43. The number of carbonyl (C=O) groups is 2. The number of hydrogen-bond donors (Lipinski definition) is 0. The van der Waals surface area contributed by atoms with Crippen LogP contribution in [-0.4, -0.2) is 25.4 Å². The van der Waals surface area contributed by atoms with Crippen LogP contribution in [0.2, 0.25) is 5.02 Å². The molecule has 0 spiro atoms. The molecule has 2 aromatic carbocycles. The second-order valence-electron chi connectivity index (χ2n) is 5.20. The number of ether oxygens (including phenoxy) is 2. The van der Waals surface area contributed by atoms with Crippen LogP contribution in [-0.2, 0) is 4.79 Å². The molecule has 2 amide bonds. The molecule has 0 aromatic heterocycles. The fraction of sp³-hybridized carbons (Fsp3) is 0.111. The van der Waals surface area contributed by atoms with Crippen LogP contribution >= 0.6 is 39.3 Å². The first-order valence-corrected chi connectivity index (χ1v) is 9.39. The van der Waals surface area contributed by atoms with Gasteiger partial charge in [0.15, 0.2) is 11.5 Å². The van der Waals surface area contributed by atoms with Crippen LogP contribution in [0.3, 0.4) is 0 Å². The van der Waals surface area contributed by atoms with Crippen LogP contribution < -0.4 is 14.4 Å². The van der Waals surface area contributed by atoms with Gasteiger partial charge in [-0.1, -0.05) is 39.7 Å². The molecule has 0 atom stereocenters. The number of methoxy groups -OCH3 is 2. The molecular weight excluding hydrogens is 442 g/mol. The largest absolute Gasteiger partial charge is 0.493 e. The van der Waals surface area contributed by atoms with E-state index in [0.717, 1.165) is 16.7 Å². The number of anilines is 1. The number of carbonyl (C=O) groups excluding carboxylic acids is 2. The van der Waals surface area contributed by atoms with Gasteiger partial charge in [0, 0.05) is 4.47 Å². The van der Waals surface area contributed by atoms with Crippen molar-refractivity contribution in [3.05, 3.63) is 56.4 Å². The van der Waals surface area contributed by atoms with Gasteiger partial charge < -0.3 is 9.47 Å². The molecule has 0 saturated carbocycles. The highest BCUT2D eigenvalue weighted by molar-refractivity contribution is 9.10. The zero-order valence-electron chi connectivity index (χ0n) is 13.8. The van der Waals surface area contributed by atoms with Crippen LogP contribution in [0, 0.1) is 0 Å². The predicted molar refractivity (Wildman–Crippen MR) is 107 cm³/mol. The van der Waals surface area contributed by atoms with E-state index in [1.165, 1.54) is 7.11 Å². The van der Waals surface area contributed by atoms with Gasteiger partial charge in [0.05, 0.1) is 29.8 Å². The van der Waals surface area contributed by atoms with Gasteiger partial charge in [0.2, 0.25) is 0 Å². The number of para-hydroxylation sites is 1. The third-order valence-electron chi connectivity index (χ3n) is 3.68. The van der Waals surface area contributed by atoms with Crippen LogP contribution in [0.5, 0.6) is 11.5 Å². The first-order chi connectivity index (χ1) is 12.5. The van der Waals surface area contributed by atoms with Crippen LogP contribution in [0.1, 0.15) is 5.56 Å². The molecule has 0 N–H and O–H groups in total. The zero-order valence-corrected chi connectivity index (χ0v) is 16.9. The Kier molecular flexibility index (Phi) is 5.60. The van der Waals surface area contributed by atoms with Gasteiger partial charge in [-0.25, -0.2) is 4.90 Å². The summed E-state index contributed by atoms with van der Waals surface area (Å²) >= 11 is 10.4. The van der Waals surface area contributed by atoms with E-state index in [0.29, 0.717) is 37.2 Å². The number of benzene rings is 2. The molecule has 0 unspecified atom stereocenters. The average Bonchev–Trinajstić information content (AvgIpc) is 2.90. The topological polar surface area (TPSA) is 55.8 Å². The van der Waals surface area contributed by atoms with Gasteiger partial charge in [0.25, 0.3) is 11.1 Å². The Morgan fingerprint density at radius 3 is 2.42 bits per heavy atom. The third-order valence-corrected chi connectivity index (χ3v) is 5.55. The van der Waals surface area contributed by atoms with Crippen molar-refractivity contribution in [2.45, 2.75) is 0 Å². The van der Waals surface area contributed by atoms with Crippen molar-refractivity contribution in [1.29, 1.82) is 0 Å². The molecule has 3 rings (SSSR count). The molecule has 134 valence electrons. The summed E-state index contributed by atoms with van der Waals surface area (Å²) in [5.74, 6) is 0.655. The molecule has 1 saturated heterocycles. The number of nitrogens with zero attached hydrogens (tertiary/aromatic N) is 1. The first kappa shape index (κ1) is 18.8. The molecule has 1 fully saturated rings. The molecule has 0 aliphatic carbocycles. The number of halogens is 2. The smallest absolute Gasteiger partial charge is 0.298 e. The van der Waals surface area contributed by atoms with Crippen molar-refractivity contribution in [3.63, 3.8) is 0 Å². The number of thioether (sulfide) groups is 1. The standard InChI is InChI=1S/C18H13BrClNO4S/c1-24-14-7-10(11(19)9-15(14)25-2)8-16-17(22)21(18(23)26-16)13-6-4-3-5-12(13)20/h3-9H,1-2H3/b16-8-. The van der Waals surface area contributed by atoms with Crippen molar-refractivity contribution in [2.24, 2.45) is 0 Å². The SMILES string of the molecule is COc1cc(Br)c(/C=C2\SC(=O)N(c3ccccc3Cl)C2=O)cc1OC. The van der Waals surface area contributed by atoms with Gasteiger partial charge in [-0.2, -0.15) is 0 Å². The van der Waals surface area contributed by atoms with E-state index in [1.54, 1.807) is 49.6 Å². The van der Waals surface area contributed by atoms with Crippen molar-refractivity contribution < 1.29 is 19.1 Å². The van der Waals surface area contributed by atoms with E-state index in [2.05, 4.69) is 15.9 Å². The Morgan fingerprint density at radius 2 is 1.77 bits per heavy atom. The van der Waals surface area contributed by atoms with E-state index in [4.69, 9.17) is 21.1 Å². The molecule has 8 heteroatoms. The maximum Gasteiger partial charge on any atom is 0.298 e. The monoisotopic (exact) mass is 453 g/mol. The maximum absolute atomic E-state index is 12.7. The van der Waals surface area contributed by atoms with Crippen LogP contribution in [0.4, 0.5) is 10.5 Å². The molecular formula is C18H13BrClNO4S. The van der Waals surface area contributed by atoms with E-state index in [9.17, 15) is 9.59 Å². The summed E-state index contributed by atoms with van der Waals surface area (Å²) in [6, 6.07) is 10.2. The Labute approximate surface area is 168 Å². The highest BCUT2D eigenvalue weighted by Crippen LogP contribution is 2.40. The van der Waals surface area contributed by atoms with E-state index in [-0.39, 0.29) is 0 Å². The summed E-state index contributed by atoms with van der Waals surface area (Å²) in [5.41, 5.74) is 1.05. The summed E-state index contributed by atoms with van der Waals surface area (Å²) in [5, 5.41) is -0.0608. The Morgan fingerprint density at radius 1 is 1.12 bits per heavy atom. The number of rotatable bonds is 4. The number of imide groups is 1. The average molecular weight is 455 g/mol. The van der Waals surface area contributed by atoms with E-state index < -0.39 is 11.1 Å². The van der Waals surface area contributed by atoms with Crippen molar-refractivity contribution in [2.75, 3.05) is 19.1 Å². The van der Waals surface area contributed by atoms with Crippen molar-refractivity contribution in [1.82, 2.24) is 0 Å². The lowest BCUT2D eigenvalue weighted by molar-refractivity contribution is -0.113.